The lowest BCUT2D eigenvalue weighted by Crippen LogP contribution is -2.21. The van der Waals surface area contributed by atoms with Crippen LogP contribution in [0.2, 0.25) is 10.0 Å². The van der Waals surface area contributed by atoms with Crippen LogP contribution in [0, 0.1) is 0 Å². The molecule has 9 heteroatoms. The minimum Gasteiger partial charge on any atom is -0.338 e. The third kappa shape index (κ3) is 4.26. The quantitative estimate of drug-likeness (QED) is 0.657. The number of halogens is 5. The Hall–Kier alpha value is -2.51. The van der Waals surface area contributed by atoms with E-state index in [1.54, 1.807) is 6.07 Å². The summed E-state index contributed by atoms with van der Waals surface area (Å²) in [5.41, 5.74) is -0.887. The topological polar surface area (TPSA) is 51.1 Å². The monoisotopic (exact) mass is 414 g/mol. The van der Waals surface area contributed by atoms with E-state index >= 15 is 0 Å². The molecule has 3 rings (SSSR count). The van der Waals surface area contributed by atoms with Gasteiger partial charge < -0.3 is 9.88 Å². The first-order chi connectivity index (χ1) is 12.6. The van der Waals surface area contributed by atoms with E-state index in [9.17, 15) is 22.8 Å². The van der Waals surface area contributed by atoms with Crippen LogP contribution in [0.15, 0.2) is 53.5 Å². The molecule has 0 atom stereocenters. The predicted octanol–water partition coefficient (Wildman–Crippen LogP) is 4.97. The smallest absolute Gasteiger partial charge is 0.338 e. The van der Waals surface area contributed by atoms with Crippen LogP contribution in [0.1, 0.15) is 5.56 Å². The molecule has 0 saturated heterocycles. The lowest BCUT2D eigenvalue weighted by atomic mass is 10.2. The van der Waals surface area contributed by atoms with E-state index in [0.717, 1.165) is 18.2 Å². The van der Waals surface area contributed by atoms with Crippen LogP contribution in [-0.4, -0.2) is 10.5 Å². The van der Waals surface area contributed by atoms with Crippen molar-refractivity contribution in [2.45, 2.75) is 12.7 Å². The zero-order valence-electron chi connectivity index (χ0n) is 13.5. The number of benzene rings is 2. The van der Waals surface area contributed by atoms with Crippen LogP contribution in [-0.2, 0) is 17.5 Å². The molecule has 3 aromatic rings. The number of anilines is 1. The van der Waals surface area contributed by atoms with Gasteiger partial charge in [0, 0.05) is 22.7 Å². The zero-order chi connectivity index (χ0) is 19.8. The molecule has 27 heavy (non-hydrogen) atoms. The maximum Gasteiger partial charge on any atom is 0.416 e. The van der Waals surface area contributed by atoms with Gasteiger partial charge in [-0.15, -0.1) is 0 Å². The summed E-state index contributed by atoms with van der Waals surface area (Å²) in [5.74, 6) is -0.610. The number of amides is 1. The maximum atomic E-state index is 12.8. The van der Waals surface area contributed by atoms with Gasteiger partial charge >= 0.3 is 6.18 Å². The number of nitrogens with one attached hydrogen (secondary N) is 1. The second-order valence-corrected chi connectivity index (χ2v) is 6.55. The number of hydrogen-bond acceptors (Lipinski definition) is 2. The summed E-state index contributed by atoms with van der Waals surface area (Å²) in [6.07, 6.45) is -3.15. The van der Waals surface area contributed by atoms with Crippen molar-refractivity contribution in [2.24, 2.45) is 0 Å². The minimum absolute atomic E-state index is 0.0239. The fraction of sp³-hybridized carbons (Fsp3) is 0.111. The van der Waals surface area contributed by atoms with Crippen LogP contribution in [0.4, 0.5) is 18.9 Å². The Morgan fingerprint density at radius 2 is 1.81 bits per heavy atom. The Labute approximate surface area is 161 Å². The SMILES string of the molecule is O=C(Cn1ccc(=O)c2ccc(Cl)cc21)Nc1cc(C(F)(F)F)ccc1Cl. The van der Waals surface area contributed by atoms with Gasteiger partial charge in [0.2, 0.25) is 5.91 Å². The standard InChI is InChI=1S/C18H11Cl2F3N2O2/c19-11-2-3-12-15(8-11)25(6-5-16(12)26)9-17(27)24-14-7-10(18(21,22)23)1-4-13(14)20/h1-8H,9H2,(H,24,27). The Balaban J connectivity index is 1.89. The van der Waals surface area contributed by atoms with Gasteiger partial charge in [-0.05, 0) is 36.4 Å². The van der Waals surface area contributed by atoms with Crippen molar-refractivity contribution in [3.05, 3.63) is 74.5 Å². The van der Waals surface area contributed by atoms with Crippen LogP contribution >= 0.6 is 23.2 Å². The van der Waals surface area contributed by atoms with Crippen molar-refractivity contribution in [3.8, 4) is 0 Å². The zero-order valence-corrected chi connectivity index (χ0v) is 15.0. The Morgan fingerprint density at radius 1 is 1.07 bits per heavy atom. The molecule has 1 aromatic heterocycles. The first-order valence-electron chi connectivity index (χ1n) is 7.60. The molecular weight excluding hydrogens is 404 g/mol. The number of rotatable bonds is 3. The van der Waals surface area contributed by atoms with Gasteiger partial charge in [-0.3, -0.25) is 9.59 Å². The van der Waals surface area contributed by atoms with E-state index in [4.69, 9.17) is 23.2 Å². The number of nitrogens with zero attached hydrogens (tertiary/aromatic N) is 1. The van der Waals surface area contributed by atoms with Gasteiger partial charge in [0.05, 0.1) is 21.8 Å². The minimum atomic E-state index is -4.56. The van der Waals surface area contributed by atoms with Crippen molar-refractivity contribution in [3.63, 3.8) is 0 Å². The summed E-state index contributed by atoms with van der Waals surface area (Å²) in [7, 11) is 0. The summed E-state index contributed by atoms with van der Waals surface area (Å²) in [5, 5.41) is 3.08. The highest BCUT2D eigenvalue weighted by atomic mass is 35.5. The fourth-order valence-corrected chi connectivity index (χ4v) is 2.89. The molecule has 140 valence electrons. The van der Waals surface area contributed by atoms with E-state index in [1.165, 1.54) is 29.0 Å². The number of carbonyl (C=O) groups is 1. The van der Waals surface area contributed by atoms with E-state index in [-0.39, 0.29) is 22.7 Å². The number of alkyl halides is 3. The summed E-state index contributed by atoms with van der Waals surface area (Å²) < 4.78 is 40.0. The molecule has 0 fully saturated rings. The summed E-state index contributed by atoms with van der Waals surface area (Å²) in [6, 6.07) is 8.57. The molecule has 2 aromatic carbocycles. The second kappa shape index (κ2) is 7.25. The molecule has 0 aliphatic heterocycles. The van der Waals surface area contributed by atoms with Gasteiger partial charge in [0.1, 0.15) is 6.54 Å². The van der Waals surface area contributed by atoms with Crippen molar-refractivity contribution < 1.29 is 18.0 Å². The number of carbonyl (C=O) groups excluding carboxylic acids is 1. The molecule has 0 radical (unpaired) electrons. The van der Waals surface area contributed by atoms with E-state index in [1.807, 2.05) is 0 Å². The summed E-state index contributed by atoms with van der Waals surface area (Å²) >= 11 is 11.8. The van der Waals surface area contributed by atoms with E-state index in [2.05, 4.69) is 5.32 Å². The van der Waals surface area contributed by atoms with Gasteiger partial charge in [0.25, 0.3) is 0 Å². The molecule has 1 N–H and O–H groups in total. The number of hydrogen-bond donors (Lipinski definition) is 1. The van der Waals surface area contributed by atoms with Crippen LogP contribution in [0.25, 0.3) is 10.9 Å². The summed E-state index contributed by atoms with van der Waals surface area (Å²) in [4.78, 5) is 24.2. The van der Waals surface area contributed by atoms with Crippen LogP contribution in [0.5, 0.6) is 0 Å². The highest BCUT2D eigenvalue weighted by Crippen LogP contribution is 2.33. The average Bonchev–Trinajstić information content (AvgIpc) is 2.58. The highest BCUT2D eigenvalue weighted by Gasteiger charge is 2.31. The second-order valence-electron chi connectivity index (χ2n) is 5.71. The molecule has 0 unspecified atom stereocenters. The largest absolute Gasteiger partial charge is 0.416 e. The normalized spacial score (nSPS) is 11.6. The predicted molar refractivity (Wildman–Crippen MR) is 98.3 cm³/mol. The van der Waals surface area contributed by atoms with E-state index in [0.29, 0.717) is 15.9 Å². The number of fused-ring (bicyclic) bond motifs is 1. The third-order valence-corrected chi connectivity index (χ3v) is 4.39. The lowest BCUT2D eigenvalue weighted by molar-refractivity contribution is -0.137. The third-order valence-electron chi connectivity index (χ3n) is 3.82. The molecule has 0 aliphatic carbocycles. The molecule has 4 nitrogen and oxygen atoms in total. The molecule has 0 saturated carbocycles. The van der Waals surface area contributed by atoms with Gasteiger partial charge in [-0.1, -0.05) is 23.2 Å². The Morgan fingerprint density at radius 3 is 2.52 bits per heavy atom. The molecule has 0 aliphatic rings. The van der Waals surface area contributed by atoms with Crippen molar-refractivity contribution in [2.75, 3.05) is 5.32 Å². The molecular formula is C18H11Cl2F3N2O2. The van der Waals surface area contributed by atoms with Crippen LogP contribution in [0.3, 0.4) is 0 Å². The molecule has 1 amide bonds. The average molecular weight is 415 g/mol. The van der Waals surface area contributed by atoms with Crippen molar-refractivity contribution >= 4 is 45.7 Å². The molecule has 1 heterocycles. The van der Waals surface area contributed by atoms with Gasteiger partial charge in [-0.25, -0.2) is 0 Å². The van der Waals surface area contributed by atoms with E-state index < -0.39 is 17.6 Å². The van der Waals surface area contributed by atoms with Gasteiger partial charge in [-0.2, -0.15) is 13.2 Å². The highest BCUT2D eigenvalue weighted by molar-refractivity contribution is 6.33. The first kappa shape index (κ1) is 19.3. The van der Waals surface area contributed by atoms with Gasteiger partial charge in [0.15, 0.2) is 5.43 Å². The Kier molecular flexibility index (Phi) is 5.17. The fourth-order valence-electron chi connectivity index (χ4n) is 2.56. The van der Waals surface area contributed by atoms with Crippen molar-refractivity contribution in [1.29, 1.82) is 0 Å². The Bertz CT molecular complexity index is 1090. The number of pyridine rings is 1. The van der Waals surface area contributed by atoms with Crippen molar-refractivity contribution in [1.82, 2.24) is 4.57 Å². The summed E-state index contributed by atoms with van der Waals surface area (Å²) in [6.45, 7) is -0.246. The maximum absolute atomic E-state index is 12.8. The molecule has 0 bridgehead atoms. The lowest BCUT2D eigenvalue weighted by Gasteiger charge is -2.14. The molecule has 0 spiro atoms. The first-order valence-corrected chi connectivity index (χ1v) is 8.36. The van der Waals surface area contributed by atoms with Crippen LogP contribution < -0.4 is 10.7 Å². The number of aromatic nitrogens is 1.